The number of rotatable bonds is 2. The maximum Gasteiger partial charge on any atom is 0.256 e. The van der Waals surface area contributed by atoms with Crippen molar-refractivity contribution in [3.63, 3.8) is 0 Å². The van der Waals surface area contributed by atoms with E-state index in [0.717, 1.165) is 0 Å². The molecule has 82 valence electrons. The largest absolute Gasteiger partial charge is 0.508 e. The fourth-order valence-electron chi connectivity index (χ4n) is 1.15. The standard InChI is InChI=1S/C11H16N2O2/c1-7(2)13(3)11(15)9-6-8(14)4-5-10(9)12/h4-7,14H,12H2,1-3H3. The lowest BCUT2D eigenvalue weighted by atomic mass is 10.1. The van der Waals surface area contributed by atoms with Crippen LogP contribution in [0.3, 0.4) is 0 Å². The minimum atomic E-state index is -0.182. The summed E-state index contributed by atoms with van der Waals surface area (Å²) in [7, 11) is 1.70. The Morgan fingerprint density at radius 1 is 1.47 bits per heavy atom. The Morgan fingerprint density at radius 3 is 2.60 bits per heavy atom. The number of carbonyl (C=O) groups is 1. The van der Waals surface area contributed by atoms with Gasteiger partial charge in [0.1, 0.15) is 5.75 Å². The third kappa shape index (κ3) is 2.40. The summed E-state index contributed by atoms with van der Waals surface area (Å²) in [6.45, 7) is 3.83. The molecule has 0 aliphatic heterocycles. The van der Waals surface area contributed by atoms with Crippen LogP contribution in [-0.2, 0) is 0 Å². The van der Waals surface area contributed by atoms with Crippen LogP contribution >= 0.6 is 0 Å². The second-order valence-corrected chi connectivity index (χ2v) is 3.78. The molecule has 1 aromatic rings. The number of hydrogen-bond acceptors (Lipinski definition) is 3. The third-order valence-corrected chi connectivity index (χ3v) is 2.36. The van der Waals surface area contributed by atoms with Gasteiger partial charge in [-0.2, -0.15) is 0 Å². The van der Waals surface area contributed by atoms with Crippen molar-refractivity contribution in [3.05, 3.63) is 23.8 Å². The van der Waals surface area contributed by atoms with Crippen molar-refractivity contribution in [1.82, 2.24) is 4.90 Å². The highest BCUT2D eigenvalue weighted by atomic mass is 16.3. The maximum absolute atomic E-state index is 11.9. The van der Waals surface area contributed by atoms with Crippen LogP contribution in [0.1, 0.15) is 24.2 Å². The molecular weight excluding hydrogens is 192 g/mol. The quantitative estimate of drug-likeness (QED) is 0.571. The monoisotopic (exact) mass is 208 g/mol. The Labute approximate surface area is 89.3 Å². The van der Waals surface area contributed by atoms with E-state index in [0.29, 0.717) is 11.3 Å². The first-order valence-electron chi connectivity index (χ1n) is 4.79. The number of amides is 1. The fourth-order valence-corrected chi connectivity index (χ4v) is 1.15. The van der Waals surface area contributed by atoms with Crippen molar-refractivity contribution in [3.8, 4) is 5.75 Å². The highest BCUT2D eigenvalue weighted by molar-refractivity contribution is 5.99. The molecule has 0 aromatic heterocycles. The molecule has 15 heavy (non-hydrogen) atoms. The molecule has 0 heterocycles. The van der Waals surface area contributed by atoms with E-state index in [-0.39, 0.29) is 17.7 Å². The number of carbonyl (C=O) groups excluding carboxylic acids is 1. The SMILES string of the molecule is CC(C)N(C)C(=O)c1cc(O)ccc1N. The van der Waals surface area contributed by atoms with Crippen LogP contribution in [-0.4, -0.2) is 29.0 Å². The predicted octanol–water partition coefficient (Wildman–Crippen LogP) is 1.45. The summed E-state index contributed by atoms with van der Waals surface area (Å²) in [5.74, 6) is -0.136. The van der Waals surface area contributed by atoms with E-state index in [1.54, 1.807) is 11.9 Å². The van der Waals surface area contributed by atoms with Gasteiger partial charge < -0.3 is 15.7 Å². The lowest BCUT2D eigenvalue weighted by Gasteiger charge is -2.22. The maximum atomic E-state index is 11.9. The Morgan fingerprint density at radius 2 is 2.07 bits per heavy atom. The molecule has 0 aliphatic carbocycles. The fraction of sp³-hybridized carbons (Fsp3) is 0.364. The zero-order valence-corrected chi connectivity index (χ0v) is 9.19. The van der Waals surface area contributed by atoms with E-state index in [1.165, 1.54) is 18.2 Å². The van der Waals surface area contributed by atoms with Crippen molar-refractivity contribution in [2.45, 2.75) is 19.9 Å². The van der Waals surface area contributed by atoms with Crippen LogP contribution < -0.4 is 5.73 Å². The summed E-state index contributed by atoms with van der Waals surface area (Å²) in [5.41, 5.74) is 6.39. The number of phenols is 1. The smallest absolute Gasteiger partial charge is 0.256 e. The molecule has 1 amide bonds. The summed E-state index contributed by atoms with van der Waals surface area (Å²) >= 11 is 0. The number of hydrogen-bond donors (Lipinski definition) is 2. The van der Waals surface area contributed by atoms with Crippen LogP contribution in [0.5, 0.6) is 5.75 Å². The summed E-state index contributed by atoms with van der Waals surface area (Å²) in [5, 5.41) is 9.28. The van der Waals surface area contributed by atoms with E-state index in [9.17, 15) is 9.90 Å². The van der Waals surface area contributed by atoms with Gasteiger partial charge in [0.15, 0.2) is 0 Å². The zero-order valence-electron chi connectivity index (χ0n) is 9.19. The van der Waals surface area contributed by atoms with Gasteiger partial charge in [0.05, 0.1) is 5.56 Å². The number of nitrogens with two attached hydrogens (primary N) is 1. The number of phenolic OH excluding ortho intramolecular Hbond substituents is 1. The molecule has 0 radical (unpaired) electrons. The van der Waals surface area contributed by atoms with Crippen LogP contribution in [0.25, 0.3) is 0 Å². The Balaban J connectivity index is 3.05. The summed E-state index contributed by atoms with van der Waals surface area (Å²) in [6.07, 6.45) is 0. The molecular formula is C11H16N2O2. The predicted molar refractivity (Wildman–Crippen MR) is 59.7 cm³/mol. The number of benzene rings is 1. The van der Waals surface area contributed by atoms with Crippen molar-refractivity contribution >= 4 is 11.6 Å². The Hall–Kier alpha value is -1.71. The lowest BCUT2D eigenvalue weighted by Crippen LogP contribution is -2.33. The van der Waals surface area contributed by atoms with Gasteiger partial charge in [-0.1, -0.05) is 0 Å². The second-order valence-electron chi connectivity index (χ2n) is 3.78. The number of nitrogen functional groups attached to an aromatic ring is 1. The molecule has 0 spiro atoms. The molecule has 0 unspecified atom stereocenters. The van der Waals surface area contributed by atoms with Crippen LogP contribution in [0.15, 0.2) is 18.2 Å². The van der Waals surface area contributed by atoms with Gasteiger partial charge in [-0.15, -0.1) is 0 Å². The van der Waals surface area contributed by atoms with Gasteiger partial charge in [0.2, 0.25) is 0 Å². The summed E-state index contributed by atoms with van der Waals surface area (Å²) in [6, 6.07) is 4.47. The molecule has 1 aromatic carbocycles. The molecule has 0 fully saturated rings. The average Bonchev–Trinajstić information content (AvgIpc) is 2.19. The van der Waals surface area contributed by atoms with Gasteiger partial charge >= 0.3 is 0 Å². The van der Waals surface area contributed by atoms with Gasteiger partial charge in [0.25, 0.3) is 5.91 Å². The second kappa shape index (κ2) is 4.21. The minimum Gasteiger partial charge on any atom is -0.508 e. The van der Waals surface area contributed by atoms with Crippen LogP contribution in [0.4, 0.5) is 5.69 Å². The van der Waals surface area contributed by atoms with Crippen molar-refractivity contribution < 1.29 is 9.90 Å². The average molecular weight is 208 g/mol. The number of aromatic hydroxyl groups is 1. The molecule has 4 nitrogen and oxygen atoms in total. The zero-order chi connectivity index (χ0) is 11.6. The van der Waals surface area contributed by atoms with Crippen molar-refractivity contribution in [2.24, 2.45) is 0 Å². The van der Waals surface area contributed by atoms with E-state index in [4.69, 9.17) is 5.73 Å². The van der Waals surface area contributed by atoms with Gasteiger partial charge in [-0.25, -0.2) is 0 Å². The molecule has 3 N–H and O–H groups in total. The first kappa shape index (κ1) is 11.4. The molecule has 4 heteroatoms. The van der Waals surface area contributed by atoms with Crippen molar-refractivity contribution in [2.75, 3.05) is 12.8 Å². The molecule has 1 rings (SSSR count). The normalized spacial score (nSPS) is 10.4. The van der Waals surface area contributed by atoms with Crippen LogP contribution in [0.2, 0.25) is 0 Å². The molecule has 0 bridgehead atoms. The number of nitrogens with zero attached hydrogens (tertiary/aromatic N) is 1. The molecule has 0 aliphatic rings. The first-order valence-corrected chi connectivity index (χ1v) is 4.79. The van der Waals surface area contributed by atoms with E-state index in [2.05, 4.69) is 0 Å². The van der Waals surface area contributed by atoms with E-state index < -0.39 is 0 Å². The topological polar surface area (TPSA) is 66.6 Å². The van der Waals surface area contributed by atoms with Crippen molar-refractivity contribution in [1.29, 1.82) is 0 Å². The van der Waals surface area contributed by atoms with E-state index in [1.807, 2.05) is 13.8 Å². The highest BCUT2D eigenvalue weighted by Gasteiger charge is 2.17. The Kier molecular flexibility index (Phi) is 3.19. The van der Waals surface area contributed by atoms with E-state index >= 15 is 0 Å². The highest BCUT2D eigenvalue weighted by Crippen LogP contribution is 2.20. The third-order valence-electron chi connectivity index (χ3n) is 2.36. The van der Waals surface area contributed by atoms with Gasteiger partial charge in [0, 0.05) is 18.8 Å². The van der Waals surface area contributed by atoms with Gasteiger partial charge in [-0.3, -0.25) is 4.79 Å². The molecule has 0 saturated heterocycles. The number of anilines is 1. The molecule has 0 saturated carbocycles. The Bertz CT molecular complexity index is 375. The molecule has 0 atom stereocenters. The summed E-state index contributed by atoms with van der Waals surface area (Å²) < 4.78 is 0. The minimum absolute atomic E-state index is 0.0460. The van der Waals surface area contributed by atoms with Gasteiger partial charge in [-0.05, 0) is 32.0 Å². The first-order chi connectivity index (χ1) is 6.93. The lowest BCUT2D eigenvalue weighted by molar-refractivity contribution is 0.0755. The summed E-state index contributed by atoms with van der Waals surface area (Å²) in [4.78, 5) is 13.5. The van der Waals surface area contributed by atoms with Crippen LogP contribution in [0, 0.1) is 0 Å².